The Hall–Kier alpha value is -2.61. The van der Waals surface area contributed by atoms with Crippen LogP contribution < -0.4 is 10.6 Å². The van der Waals surface area contributed by atoms with Crippen molar-refractivity contribution < 1.29 is 23.9 Å². The number of amides is 4. The van der Waals surface area contributed by atoms with Crippen molar-refractivity contribution >= 4 is 41.1 Å². The number of halogens is 1. The second-order valence-corrected chi connectivity index (χ2v) is 6.51. The number of rotatable bonds is 5. The van der Waals surface area contributed by atoms with Crippen molar-refractivity contribution in [1.82, 2.24) is 10.2 Å². The van der Waals surface area contributed by atoms with E-state index in [9.17, 15) is 19.2 Å². The summed E-state index contributed by atoms with van der Waals surface area (Å²) in [6, 6.07) is 5.74. The molecule has 1 atom stereocenters. The average molecular weight is 368 g/mol. The van der Waals surface area contributed by atoms with Crippen molar-refractivity contribution in [1.29, 1.82) is 0 Å². The van der Waals surface area contributed by atoms with Crippen LogP contribution in [0.15, 0.2) is 24.3 Å². The molecule has 1 fully saturated rings. The first kappa shape index (κ1) is 18.7. The summed E-state index contributed by atoms with van der Waals surface area (Å²) in [6.07, 6.45) is -1.10. The van der Waals surface area contributed by atoms with E-state index < -0.39 is 42.0 Å². The molecule has 1 saturated heterocycles. The highest BCUT2D eigenvalue weighted by atomic mass is 35.5. The SMILES string of the molecule is CC(OC(=O)CN1C(=O)NC(C)(C)C1=O)C(=O)Nc1ccc(Cl)cc1. The van der Waals surface area contributed by atoms with Crippen LogP contribution in [0.3, 0.4) is 0 Å². The Labute approximate surface area is 149 Å². The molecular weight excluding hydrogens is 350 g/mol. The van der Waals surface area contributed by atoms with Crippen LogP contribution in [0, 0.1) is 0 Å². The first-order valence-electron chi connectivity index (χ1n) is 7.50. The summed E-state index contributed by atoms with van der Waals surface area (Å²) in [4.78, 5) is 48.4. The summed E-state index contributed by atoms with van der Waals surface area (Å²) in [5, 5.41) is 5.54. The standard InChI is InChI=1S/C16H18ClN3O5/c1-9(13(22)18-11-6-4-10(17)5-7-11)25-12(21)8-20-14(23)16(2,3)19-15(20)24/h4-7,9H,8H2,1-3H3,(H,18,22)(H,19,24). The van der Waals surface area contributed by atoms with Gasteiger partial charge in [-0.3, -0.25) is 19.3 Å². The summed E-state index contributed by atoms with van der Waals surface area (Å²) >= 11 is 5.76. The Morgan fingerprint density at radius 1 is 1.28 bits per heavy atom. The Bertz CT molecular complexity index is 717. The third-order valence-corrected chi connectivity index (χ3v) is 3.77. The maximum Gasteiger partial charge on any atom is 0.327 e. The van der Waals surface area contributed by atoms with Gasteiger partial charge in [0, 0.05) is 10.7 Å². The zero-order valence-electron chi connectivity index (χ0n) is 14.0. The second-order valence-electron chi connectivity index (χ2n) is 6.07. The fourth-order valence-corrected chi connectivity index (χ4v) is 2.28. The molecule has 1 aromatic rings. The molecule has 1 heterocycles. The molecule has 0 spiro atoms. The summed E-state index contributed by atoms with van der Waals surface area (Å²) in [7, 11) is 0. The van der Waals surface area contributed by atoms with Gasteiger partial charge >= 0.3 is 12.0 Å². The van der Waals surface area contributed by atoms with Crippen molar-refractivity contribution in [2.45, 2.75) is 32.4 Å². The van der Waals surface area contributed by atoms with Crippen LogP contribution >= 0.6 is 11.6 Å². The van der Waals surface area contributed by atoms with Gasteiger partial charge in [0.05, 0.1) is 0 Å². The lowest BCUT2D eigenvalue weighted by molar-refractivity contribution is -0.155. The van der Waals surface area contributed by atoms with Gasteiger partial charge in [0.2, 0.25) is 0 Å². The van der Waals surface area contributed by atoms with Gasteiger partial charge in [0.25, 0.3) is 11.8 Å². The Morgan fingerprint density at radius 2 is 1.88 bits per heavy atom. The number of benzene rings is 1. The van der Waals surface area contributed by atoms with Gasteiger partial charge in [-0.1, -0.05) is 11.6 Å². The molecule has 0 aromatic heterocycles. The van der Waals surface area contributed by atoms with Crippen LogP contribution in [0.4, 0.5) is 10.5 Å². The molecule has 1 aliphatic rings. The summed E-state index contributed by atoms with van der Waals surface area (Å²) in [5.41, 5.74) is -0.581. The number of ether oxygens (including phenoxy) is 1. The van der Waals surface area contributed by atoms with Crippen LogP contribution in [0.2, 0.25) is 5.02 Å². The highest BCUT2D eigenvalue weighted by Crippen LogP contribution is 2.17. The normalized spacial score (nSPS) is 17.0. The largest absolute Gasteiger partial charge is 0.451 e. The maximum atomic E-state index is 12.0. The molecule has 0 radical (unpaired) electrons. The first-order chi connectivity index (χ1) is 11.6. The van der Waals surface area contributed by atoms with Crippen LogP contribution in [-0.2, 0) is 19.1 Å². The molecule has 1 unspecified atom stereocenters. The van der Waals surface area contributed by atoms with E-state index in [4.69, 9.17) is 16.3 Å². The van der Waals surface area contributed by atoms with E-state index in [2.05, 4.69) is 10.6 Å². The molecular formula is C16H18ClN3O5. The Balaban J connectivity index is 1.89. The van der Waals surface area contributed by atoms with Crippen LogP contribution in [0.1, 0.15) is 20.8 Å². The molecule has 0 saturated carbocycles. The molecule has 2 N–H and O–H groups in total. The highest BCUT2D eigenvalue weighted by Gasteiger charge is 2.45. The Morgan fingerprint density at radius 3 is 2.40 bits per heavy atom. The van der Waals surface area contributed by atoms with E-state index in [-0.39, 0.29) is 0 Å². The predicted octanol–water partition coefficient (Wildman–Crippen LogP) is 1.54. The first-order valence-corrected chi connectivity index (χ1v) is 7.88. The smallest absolute Gasteiger partial charge is 0.327 e. The quantitative estimate of drug-likeness (QED) is 0.606. The summed E-state index contributed by atoms with van der Waals surface area (Å²) in [5.74, 6) is -1.94. The highest BCUT2D eigenvalue weighted by molar-refractivity contribution is 6.30. The molecule has 134 valence electrons. The minimum Gasteiger partial charge on any atom is -0.451 e. The topological polar surface area (TPSA) is 105 Å². The van der Waals surface area contributed by atoms with Gasteiger partial charge in [0.15, 0.2) is 6.10 Å². The predicted molar refractivity (Wildman–Crippen MR) is 90.0 cm³/mol. The van der Waals surface area contributed by atoms with Crippen molar-refractivity contribution in [2.24, 2.45) is 0 Å². The molecule has 2 rings (SSSR count). The minimum absolute atomic E-state index is 0.494. The van der Waals surface area contributed by atoms with Crippen molar-refractivity contribution in [3.63, 3.8) is 0 Å². The van der Waals surface area contributed by atoms with E-state index in [1.807, 2.05) is 0 Å². The zero-order valence-corrected chi connectivity index (χ0v) is 14.7. The maximum absolute atomic E-state index is 12.0. The van der Waals surface area contributed by atoms with E-state index >= 15 is 0 Å². The lowest BCUT2D eigenvalue weighted by Crippen LogP contribution is -2.42. The van der Waals surface area contributed by atoms with E-state index in [0.29, 0.717) is 10.7 Å². The average Bonchev–Trinajstić information content (AvgIpc) is 2.71. The molecule has 8 nitrogen and oxygen atoms in total. The van der Waals surface area contributed by atoms with E-state index in [1.54, 1.807) is 24.3 Å². The zero-order chi connectivity index (χ0) is 18.8. The van der Waals surface area contributed by atoms with Crippen molar-refractivity contribution in [3.8, 4) is 0 Å². The number of hydrogen-bond acceptors (Lipinski definition) is 5. The van der Waals surface area contributed by atoms with Crippen LogP contribution in [-0.4, -0.2) is 46.9 Å². The Kier molecular flexibility index (Phi) is 5.32. The van der Waals surface area contributed by atoms with Gasteiger partial charge < -0.3 is 15.4 Å². The number of carbonyl (C=O) groups excluding carboxylic acids is 4. The molecule has 4 amide bonds. The number of esters is 1. The number of anilines is 1. The molecule has 9 heteroatoms. The van der Waals surface area contributed by atoms with Crippen molar-refractivity contribution in [3.05, 3.63) is 29.3 Å². The fourth-order valence-electron chi connectivity index (χ4n) is 2.16. The number of nitrogens with zero attached hydrogens (tertiary/aromatic N) is 1. The fraction of sp³-hybridized carbons (Fsp3) is 0.375. The van der Waals surface area contributed by atoms with Gasteiger partial charge in [-0.2, -0.15) is 0 Å². The lowest BCUT2D eigenvalue weighted by atomic mass is 10.1. The van der Waals surface area contributed by atoms with Gasteiger partial charge in [-0.25, -0.2) is 4.79 Å². The molecule has 25 heavy (non-hydrogen) atoms. The van der Waals surface area contributed by atoms with Crippen LogP contribution in [0.5, 0.6) is 0 Å². The number of hydrogen-bond donors (Lipinski definition) is 2. The van der Waals surface area contributed by atoms with Crippen LogP contribution in [0.25, 0.3) is 0 Å². The third kappa shape index (κ3) is 4.48. The molecule has 1 aliphatic heterocycles. The minimum atomic E-state index is -1.10. The third-order valence-electron chi connectivity index (χ3n) is 3.52. The van der Waals surface area contributed by atoms with E-state index in [0.717, 1.165) is 4.90 Å². The monoisotopic (exact) mass is 367 g/mol. The second kappa shape index (κ2) is 7.10. The number of urea groups is 1. The molecule has 0 aliphatic carbocycles. The number of nitrogens with one attached hydrogen (secondary N) is 2. The van der Waals surface area contributed by atoms with Gasteiger partial charge in [0.1, 0.15) is 12.1 Å². The van der Waals surface area contributed by atoms with Crippen molar-refractivity contribution in [2.75, 3.05) is 11.9 Å². The number of imide groups is 1. The van der Waals surface area contributed by atoms with Gasteiger partial charge in [-0.15, -0.1) is 0 Å². The molecule has 1 aromatic carbocycles. The molecule has 0 bridgehead atoms. The lowest BCUT2D eigenvalue weighted by Gasteiger charge is -2.17. The van der Waals surface area contributed by atoms with E-state index in [1.165, 1.54) is 20.8 Å². The summed E-state index contributed by atoms with van der Waals surface area (Å²) < 4.78 is 4.98. The summed E-state index contributed by atoms with van der Waals surface area (Å²) in [6.45, 7) is 3.88. The van der Waals surface area contributed by atoms with Gasteiger partial charge in [-0.05, 0) is 45.0 Å². The number of carbonyl (C=O) groups is 4.